The Labute approximate surface area is 106 Å². The van der Waals surface area contributed by atoms with Crippen LogP contribution in [0.1, 0.15) is 12.2 Å². The van der Waals surface area contributed by atoms with Crippen LogP contribution >= 0.6 is 15.9 Å². The van der Waals surface area contributed by atoms with E-state index in [0.29, 0.717) is 29.9 Å². The summed E-state index contributed by atoms with van der Waals surface area (Å²) in [5.74, 6) is 0.309. The smallest absolute Gasteiger partial charge is 0.137 e. The number of rotatable bonds is 4. The normalized spacial score (nSPS) is 10.8. The number of nitrogens with zero attached hydrogens (tertiary/aromatic N) is 1. The van der Waals surface area contributed by atoms with Gasteiger partial charge in [0.2, 0.25) is 0 Å². The highest BCUT2D eigenvalue weighted by Gasteiger charge is 2.11. The minimum atomic E-state index is -0.338. The van der Waals surface area contributed by atoms with Crippen molar-refractivity contribution in [1.29, 1.82) is 0 Å². The molecule has 1 heterocycles. The average Bonchev–Trinajstić information content (AvgIpc) is 2.78. The third kappa shape index (κ3) is 2.92. The van der Waals surface area contributed by atoms with E-state index in [9.17, 15) is 4.39 Å². The van der Waals surface area contributed by atoms with E-state index >= 15 is 0 Å². The zero-order valence-corrected chi connectivity index (χ0v) is 10.6. The molecule has 0 fully saturated rings. The van der Waals surface area contributed by atoms with Crippen molar-refractivity contribution in [3.05, 3.63) is 40.3 Å². The molecule has 0 unspecified atom stereocenters. The second-order valence-corrected chi connectivity index (χ2v) is 4.55. The van der Waals surface area contributed by atoms with Gasteiger partial charge in [0.15, 0.2) is 0 Å². The van der Waals surface area contributed by atoms with E-state index in [0.717, 1.165) is 4.47 Å². The SMILES string of the molecule is OCCCc1cc(-c2cc(Br)ccc2F)no1. The van der Waals surface area contributed by atoms with Crippen LogP contribution in [0.2, 0.25) is 0 Å². The van der Waals surface area contributed by atoms with Crippen molar-refractivity contribution < 1.29 is 14.0 Å². The quantitative estimate of drug-likeness (QED) is 0.943. The van der Waals surface area contributed by atoms with Gasteiger partial charge in [-0.1, -0.05) is 21.1 Å². The molecule has 2 rings (SSSR count). The second kappa shape index (κ2) is 5.42. The Morgan fingerprint density at radius 1 is 1.35 bits per heavy atom. The molecule has 5 heteroatoms. The fourth-order valence-corrected chi connectivity index (χ4v) is 1.87. The number of aliphatic hydroxyl groups excluding tert-OH is 1. The number of hydrogen-bond acceptors (Lipinski definition) is 3. The Kier molecular flexibility index (Phi) is 3.91. The first kappa shape index (κ1) is 12.3. The Bertz CT molecular complexity index is 513. The van der Waals surface area contributed by atoms with Gasteiger partial charge in [-0.15, -0.1) is 0 Å². The van der Waals surface area contributed by atoms with Gasteiger partial charge in [0, 0.05) is 29.1 Å². The number of aliphatic hydroxyl groups is 1. The van der Waals surface area contributed by atoms with E-state index in [1.54, 1.807) is 18.2 Å². The maximum Gasteiger partial charge on any atom is 0.137 e. The van der Waals surface area contributed by atoms with Crippen LogP contribution in [0.4, 0.5) is 4.39 Å². The topological polar surface area (TPSA) is 46.3 Å². The van der Waals surface area contributed by atoms with Crippen LogP contribution in [0.15, 0.2) is 33.3 Å². The molecule has 1 aromatic heterocycles. The minimum Gasteiger partial charge on any atom is -0.396 e. The molecule has 0 spiro atoms. The first-order valence-corrected chi connectivity index (χ1v) is 6.02. The Morgan fingerprint density at radius 3 is 2.94 bits per heavy atom. The van der Waals surface area contributed by atoms with Gasteiger partial charge in [-0.05, 0) is 24.6 Å². The van der Waals surface area contributed by atoms with Crippen molar-refractivity contribution in [2.45, 2.75) is 12.8 Å². The molecule has 3 nitrogen and oxygen atoms in total. The summed E-state index contributed by atoms with van der Waals surface area (Å²) >= 11 is 3.28. The van der Waals surface area contributed by atoms with Crippen LogP contribution < -0.4 is 0 Å². The van der Waals surface area contributed by atoms with E-state index in [1.165, 1.54) is 6.07 Å². The molecular formula is C12H11BrFNO2. The molecule has 0 aliphatic rings. The average molecular weight is 300 g/mol. The summed E-state index contributed by atoms with van der Waals surface area (Å²) in [6, 6.07) is 6.36. The third-order valence-corrected chi connectivity index (χ3v) is 2.84. The molecule has 0 bridgehead atoms. The molecular weight excluding hydrogens is 289 g/mol. The van der Waals surface area contributed by atoms with Gasteiger partial charge >= 0.3 is 0 Å². The number of hydrogen-bond donors (Lipinski definition) is 1. The molecule has 1 N–H and O–H groups in total. The van der Waals surface area contributed by atoms with Crippen LogP contribution in [-0.4, -0.2) is 16.9 Å². The first-order valence-electron chi connectivity index (χ1n) is 5.22. The van der Waals surface area contributed by atoms with Crippen LogP contribution in [0, 0.1) is 5.82 Å². The molecule has 0 saturated carbocycles. The zero-order chi connectivity index (χ0) is 12.3. The maximum absolute atomic E-state index is 13.6. The highest BCUT2D eigenvalue weighted by Crippen LogP contribution is 2.26. The molecule has 90 valence electrons. The van der Waals surface area contributed by atoms with Crippen molar-refractivity contribution in [2.24, 2.45) is 0 Å². The molecule has 0 aliphatic carbocycles. The monoisotopic (exact) mass is 299 g/mol. The van der Waals surface area contributed by atoms with E-state index < -0.39 is 0 Å². The highest BCUT2D eigenvalue weighted by molar-refractivity contribution is 9.10. The summed E-state index contributed by atoms with van der Waals surface area (Å²) in [4.78, 5) is 0. The van der Waals surface area contributed by atoms with E-state index in [2.05, 4.69) is 21.1 Å². The van der Waals surface area contributed by atoms with Crippen LogP contribution in [0.25, 0.3) is 11.3 Å². The molecule has 0 aliphatic heterocycles. The van der Waals surface area contributed by atoms with Crippen LogP contribution in [-0.2, 0) is 6.42 Å². The zero-order valence-electron chi connectivity index (χ0n) is 8.99. The third-order valence-electron chi connectivity index (χ3n) is 2.34. The fraction of sp³-hybridized carbons (Fsp3) is 0.250. The Balaban J connectivity index is 2.27. The summed E-state index contributed by atoms with van der Waals surface area (Å²) in [6.07, 6.45) is 1.20. The fourth-order valence-electron chi connectivity index (χ4n) is 1.50. The summed E-state index contributed by atoms with van der Waals surface area (Å²) in [6.45, 7) is 0.0985. The van der Waals surface area contributed by atoms with Crippen molar-refractivity contribution in [3.8, 4) is 11.3 Å². The molecule has 0 atom stereocenters. The van der Waals surface area contributed by atoms with Gasteiger partial charge in [0.1, 0.15) is 17.3 Å². The molecule has 0 amide bonds. The van der Waals surface area contributed by atoms with Gasteiger partial charge in [0.25, 0.3) is 0 Å². The van der Waals surface area contributed by atoms with Crippen molar-refractivity contribution in [3.63, 3.8) is 0 Å². The van der Waals surface area contributed by atoms with E-state index in [-0.39, 0.29) is 12.4 Å². The lowest BCUT2D eigenvalue weighted by Crippen LogP contribution is -1.86. The Morgan fingerprint density at radius 2 is 2.18 bits per heavy atom. The Hall–Kier alpha value is -1.20. The maximum atomic E-state index is 13.6. The summed E-state index contributed by atoms with van der Waals surface area (Å²) in [5, 5.41) is 12.5. The second-order valence-electron chi connectivity index (χ2n) is 3.63. The number of benzene rings is 1. The largest absolute Gasteiger partial charge is 0.396 e. The molecule has 0 saturated heterocycles. The minimum absolute atomic E-state index is 0.0985. The van der Waals surface area contributed by atoms with Crippen molar-refractivity contribution in [1.82, 2.24) is 5.16 Å². The summed E-state index contributed by atoms with van der Waals surface area (Å²) < 4.78 is 19.4. The molecule has 1 aromatic carbocycles. The lowest BCUT2D eigenvalue weighted by Gasteiger charge is -1.98. The van der Waals surface area contributed by atoms with Gasteiger partial charge in [-0.2, -0.15) is 0 Å². The summed E-state index contributed by atoms with van der Waals surface area (Å²) in [5.41, 5.74) is 0.870. The lowest BCUT2D eigenvalue weighted by atomic mass is 10.1. The summed E-state index contributed by atoms with van der Waals surface area (Å²) in [7, 11) is 0. The van der Waals surface area contributed by atoms with E-state index in [4.69, 9.17) is 9.63 Å². The highest BCUT2D eigenvalue weighted by atomic mass is 79.9. The molecule has 0 radical (unpaired) electrons. The number of halogens is 2. The molecule has 2 aromatic rings. The van der Waals surface area contributed by atoms with Crippen molar-refractivity contribution >= 4 is 15.9 Å². The van der Waals surface area contributed by atoms with Gasteiger partial charge < -0.3 is 9.63 Å². The van der Waals surface area contributed by atoms with Gasteiger partial charge in [-0.25, -0.2) is 4.39 Å². The standard InChI is InChI=1S/C12H11BrFNO2/c13-8-3-4-11(14)10(6-8)12-7-9(17-15-12)2-1-5-16/h3-4,6-7,16H,1-2,5H2. The predicted molar refractivity (Wildman–Crippen MR) is 65.0 cm³/mol. The lowest BCUT2D eigenvalue weighted by molar-refractivity contribution is 0.280. The van der Waals surface area contributed by atoms with Crippen molar-refractivity contribution in [2.75, 3.05) is 6.61 Å². The van der Waals surface area contributed by atoms with Crippen LogP contribution in [0.3, 0.4) is 0 Å². The van der Waals surface area contributed by atoms with E-state index in [1.807, 2.05) is 0 Å². The number of aryl methyl sites for hydroxylation is 1. The first-order chi connectivity index (χ1) is 8.20. The van der Waals surface area contributed by atoms with Crippen LogP contribution in [0.5, 0.6) is 0 Å². The predicted octanol–water partition coefficient (Wildman–Crippen LogP) is 3.17. The van der Waals surface area contributed by atoms with Gasteiger partial charge in [0.05, 0.1) is 0 Å². The van der Waals surface area contributed by atoms with Gasteiger partial charge in [-0.3, -0.25) is 0 Å². The molecule has 17 heavy (non-hydrogen) atoms. The number of aromatic nitrogens is 1.